The largest absolute Gasteiger partial charge is 0.444 e. The maximum atomic E-state index is 13.6. The van der Waals surface area contributed by atoms with Gasteiger partial charge in [-0.05, 0) is 17.2 Å². The van der Waals surface area contributed by atoms with Crippen molar-refractivity contribution in [3.8, 4) is 0 Å². The molecule has 7 heteroatoms. The van der Waals surface area contributed by atoms with Crippen LogP contribution < -0.4 is 0 Å². The quantitative estimate of drug-likeness (QED) is 0.245. The molecular weight excluding hydrogens is 458 g/mol. The average molecular weight is 498 g/mol. The van der Waals surface area contributed by atoms with Crippen LogP contribution in [0, 0.1) is 5.41 Å². The van der Waals surface area contributed by atoms with Crippen LogP contribution in [-0.2, 0) is 32.0 Å². The van der Waals surface area contributed by atoms with Crippen molar-refractivity contribution in [1.29, 1.82) is 0 Å². The van der Waals surface area contributed by atoms with Gasteiger partial charge in [-0.3, -0.25) is 4.90 Å². The van der Waals surface area contributed by atoms with Crippen molar-refractivity contribution in [2.45, 2.75) is 71.3 Å². The Morgan fingerprint density at radius 3 is 2.11 bits per heavy atom. The zero-order valence-corrected chi connectivity index (χ0v) is 22.9. The minimum absolute atomic E-state index is 0.0538. The molecule has 3 rings (SSSR count). The van der Waals surface area contributed by atoms with Gasteiger partial charge in [0.15, 0.2) is 11.8 Å². The summed E-state index contributed by atoms with van der Waals surface area (Å²) in [5, 5.41) is 0. The van der Waals surface area contributed by atoms with Crippen molar-refractivity contribution in [2.24, 2.45) is 5.41 Å². The fourth-order valence-electron chi connectivity index (χ4n) is 4.10. The molecule has 1 aliphatic rings. The number of hydrogen-bond acceptors (Lipinski definition) is 5. The lowest BCUT2D eigenvalue weighted by molar-refractivity contribution is -0.150. The Balaban J connectivity index is 1.94. The molecule has 0 bridgehead atoms. The van der Waals surface area contributed by atoms with Crippen molar-refractivity contribution in [1.82, 2.24) is 4.90 Å². The molecule has 0 aliphatic carbocycles. The highest BCUT2D eigenvalue weighted by Crippen LogP contribution is 2.41. The average Bonchev–Trinajstić information content (AvgIpc) is 3.08. The molecule has 0 spiro atoms. The minimum Gasteiger partial charge on any atom is -0.444 e. The first-order chi connectivity index (χ1) is 16.4. The Kier molecular flexibility index (Phi) is 8.44. The first-order valence-corrected chi connectivity index (χ1v) is 16.0. The summed E-state index contributed by atoms with van der Waals surface area (Å²) in [6, 6.07) is 20.2. The van der Waals surface area contributed by atoms with E-state index in [1.807, 2.05) is 81.4 Å². The molecule has 2 aromatic rings. The molecule has 0 unspecified atom stereocenters. The van der Waals surface area contributed by atoms with Crippen LogP contribution in [0.2, 0.25) is 25.7 Å². The third-order valence-electron chi connectivity index (χ3n) is 6.11. The highest BCUT2D eigenvalue weighted by Gasteiger charge is 2.61. The van der Waals surface area contributed by atoms with Crippen LogP contribution in [0.15, 0.2) is 60.7 Å². The summed E-state index contributed by atoms with van der Waals surface area (Å²) in [7, 11) is -1.33. The van der Waals surface area contributed by atoms with Crippen molar-refractivity contribution >= 4 is 20.1 Å². The Bertz CT molecular complexity index is 984. The van der Waals surface area contributed by atoms with Crippen LogP contribution in [0.5, 0.6) is 0 Å². The molecule has 190 valence electrons. The van der Waals surface area contributed by atoms with Gasteiger partial charge < -0.3 is 14.2 Å². The summed E-state index contributed by atoms with van der Waals surface area (Å²) in [6.45, 7) is 13.4. The Hall–Kier alpha value is -2.64. The van der Waals surface area contributed by atoms with E-state index in [4.69, 9.17) is 14.2 Å². The predicted octanol–water partition coefficient (Wildman–Crippen LogP) is 5.89. The number of amides is 1. The zero-order valence-electron chi connectivity index (χ0n) is 21.9. The van der Waals surface area contributed by atoms with Gasteiger partial charge in [-0.1, -0.05) is 101 Å². The number of hydrogen-bond donors (Lipinski definition) is 0. The number of nitrogens with zero attached hydrogens (tertiary/aromatic N) is 1. The lowest BCUT2D eigenvalue weighted by Gasteiger charge is -2.39. The number of carbonyl (C=O) groups excluding carboxylic acids is 2. The van der Waals surface area contributed by atoms with Crippen molar-refractivity contribution in [2.75, 3.05) is 13.2 Å². The van der Waals surface area contributed by atoms with Gasteiger partial charge in [-0.15, -0.1) is 0 Å². The maximum absolute atomic E-state index is 13.6. The van der Waals surface area contributed by atoms with Crippen LogP contribution >= 0.6 is 0 Å². The molecule has 1 aliphatic heterocycles. The third kappa shape index (κ3) is 6.95. The van der Waals surface area contributed by atoms with Gasteiger partial charge >= 0.3 is 12.1 Å². The fourth-order valence-corrected chi connectivity index (χ4v) is 4.86. The minimum atomic E-state index is -1.33. The molecule has 1 heterocycles. The number of cyclic esters (lactones) is 1. The molecule has 35 heavy (non-hydrogen) atoms. The van der Waals surface area contributed by atoms with Crippen molar-refractivity contribution < 1.29 is 23.8 Å². The smallest absolute Gasteiger partial charge is 0.414 e. The number of ether oxygens (including phenoxy) is 3. The zero-order chi connectivity index (χ0) is 25.7. The summed E-state index contributed by atoms with van der Waals surface area (Å²) in [5.41, 5.74) is -0.0293. The van der Waals surface area contributed by atoms with Gasteiger partial charge in [-0.25, -0.2) is 9.59 Å². The van der Waals surface area contributed by atoms with E-state index in [2.05, 4.69) is 19.6 Å². The lowest BCUT2D eigenvalue weighted by atomic mass is 9.87. The van der Waals surface area contributed by atoms with Gasteiger partial charge in [-0.2, -0.15) is 0 Å². The molecule has 0 aromatic heterocycles. The summed E-state index contributed by atoms with van der Waals surface area (Å²) in [5.74, 6) is -0.453. The second-order valence-corrected chi connectivity index (χ2v) is 17.2. The molecule has 1 amide bonds. The molecule has 6 nitrogen and oxygen atoms in total. The molecular formula is C28H39NO5Si. The van der Waals surface area contributed by atoms with Crippen LogP contribution in [0.4, 0.5) is 4.79 Å². The fraction of sp³-hybridized carbons (Fsp3) is 0.500. The second kappa shape index (κ2) is 11.0. The van der Waals surface area contributed by atoms with E-state index in [1.165, 1.54) is 4.90 Å². The number of benzene rings is 2. The molecule has 2 atom stereocenters. The van der Waals surface area contributed by atoms with E-state index in [1.54, 1.807) is 0 Å². The van der Waals surface area contributed by atoms with Gasteiger partial charge in [0.05, 0.1) is 6.61 Å². The van der Waals surface area contributed by atoms with Crippen molar-refractivity contribution in [3.63, 3.8) is 0 Å². The highest BCUT2D eigenvalue weighted by atomic mass is 28.3. The molecule has 1 saturated heterocycles. The van der Waals surface area contributed by atoms with Gasteiger partial charge in [0.1, 0.15) is 6.61 Å². The summed E-state index contributed by atoms with van der Waals surface area (Å²) >= 11 is 0. The van der Waals surface area contributed by atoms with E-state index >= 15 is 0 Å². The van der Waals surface area contributed by atoms with Gasteiger partial charge in [0.2, 0.25) is 0 Å². The first kappa shape index (κ1) is 27.0. The number of carbonyl (C=O) groups is 2. The normalized spacial score (nSPS) is 20.6. The maximum Gasteiger partial charge on any atom is 0.414 e. The molecule has 2 aromatic carbocycles. The summed E-state index contributed by atoms with van der Waals surface area (Å²) in [4.78, 5) is 28.7. The third-order valence-corrected chi connectivity index (χ3v) is 7.82. The predicted molar refractivity (Wildman–Crippen MR) is 140 cm³/mol. The van der Waals surface area contributed by atoms with Gasteiger partial charge in [0, 0.05) is 26.5 Å². The standard InChI is InChI=1S/C28H39NO5Si/c1-27(2,3)24-29(26(31)33-20-23-15-11-8-12-16-23)28(25(30)34-24,19-22-13-9-7-10-14-22)21-32-17-18-35(4,5)6/h7-16,24H,17-21H2,1-6H3/t24-,28+/m1/s1. The van der Waals surface area contributed by atoms with E-state index in [0.29, 0.717) is 6.61 Å². The molecule has 0 N–H and O–H groups in total. The summed E-state index contributed by atoms with van der Waals surface area (Å²) < 4.78 is 17.8. The van der Waals surface area contributed by atoms with Crippen LogP contribution in [-0.4, -0.2) is 50.0 Å². The highest BCUT2D eigenvalue weighted by molar-refractivity contribution is 6.76. The van der Waals surface area contributed by atoms with Crippen molar-refractivity contribution in [3.05, 3.63) is 71.8 Å². The Morgan fingerprint density at radius 2 is 1.57 bits per heavy atom. The van der Waals surface area contributed by atoms with Gasteiger partial charge in [0.25, 0.3) is 0 Å². The lowest BCUT2D eigenvalue weighted by Crippen LogP contribution is -2.60. The molecule has 1 fully saturated rings. The van der Waals surface area contributed by atoms with E-state index in [0.717, 1.165) is 17.2 Å². The topological polar surface area (TPSA) is 65.1 Å². The monoisotopic (exact) mass is 497 g/mol. The van der Waals surface area contributed by atoms with Crippen LogP contribution in [0.3, 0.4) is 0 Å². The van der Waals surface area contributed by atoms with E-state index in [-0.39, 0.29) is 19.6 Å². The van der Waals surface area contributed by atoms with Crippen LogP contribution in [0.25, 0.3) is 0 Å². The first-order valence-electron chi connectivity index (χ1n) is 12.3. The van der Waals surface area contributed by atoms with Crippen LogP contribution in [0.1, 0.15) is 31.9 Å². The van der Waals surface area contributed by atoms with E-state index in [9.17, 15) is 9.59 Å². The summed E-state index contributed by atoms with van der Waals surface area (Å²) in [6.07, 6.45) is -1.07. The number of rotatable bonds is 9. The Morgan fingerprint density at radius 1 is 1.00 bits per heavy atom. The molecule has 0 radical (unpaired) electrons. The molecule has 0 saturated carbocycles. The van der Waals surface area contributed by atoms with E-state index < -0.39 is 37.3 Å². The SMILES string of the molecule is CC(C)(C)[C@H]1OC(=O)[C@@](COCC[Si](C)(C)C)(Cc2ccccc2)N1C(=O)OCc1ccccc1. The second-order valence-electron chi connectivity index (χ2n) is 11.6. The Labute approximate surface area is 210 Å². The number of esters is 1.